The third-order valence-electron chi connectivity index (χ3n) is 7.02. The molecule has 1 aromatic heterocycles. The van der Waals surface area contributed by atoms with Crippen LogP contribution in [0.1, 0.15) is 75.0 Å². The van der Waals surface area contributed by atoms with Gasteiger partial charge in [-0.1, -0.05) is 11.6 Å². The number of rotatable bonds is 3. The number of amides is 1. The molecule has 4 aliphatic rings. The lowest BCUT2D eigenvalue weighted by atomic mass is 9.76. The van der Waals surface area contributed by atoms with Gasteiger partial charge in [0.1, 0.15) is 0 Å². The van der Waals surface area contributed by atoms with E-state index >= 15 is 0 Å². The van der Waals surface area contributed by atoms with Crippen molar-refractivity contribution in [2.24, 2.45) is 11.3 Å². The van der Waals surface area contributed by atoms with E-state index in [4.69, 9.17) is 9.51 Å². The van der Waals surface area contributed by atoms with Gasteiger partial charge < -0.3 is 9.42 Å². The number of aromatic nitrogens is 2. The van der Waals surface area contributed by atoms with Crippen molar-refractivity contribution >= 4 is 5.91 Å². The molecule has 2 saturated carbocycles. The van der Waals surface area contributed by atoms with Gasteiger partial charge in [0, 0.05) is 31.5 Å². The predicted octanol–water partition coefficient (Wildman–Crippen LogP) is 2.73. The quantitative estimate of drug-likeness (QED) is 0.844. The van der Waals surface area contributed by atoms with Crippen LogP contribution in [0.25, 0.3) is 0 Å². The summed E-state index contributed by atoms with van der Waals surface area (Å²) in [7, 11) is 2.18. The minimum atomic E-state index is 0.267. The number of piperidine rings is 1. The zero-order valence-electron chi connectivity index (χ0n) is 15.1. The lowest BCUT2D eigenvalue weighted by Crippen LogP contribution is -2.44. The Morgan fingerprint density at radius 2 is 1.96 bits per heavy atom. The minimum absolute atomic E-state index is 0.267. The van der Waals surface area contributed by atoms with Gasteiger partial charge in [0.25, 0.3) is 0 Å². The molecule has 136 valence electrons. The summed E-state index contributed by atoms with van der Waals surface area (Å²) >= 11 is 0. The number of hydrogen-bond donors (Lipinski definition) is 0. The van der Waals surface area contributed by atoms with Gasteiger partial charge in [-0.25, -0.2) is 0 Å². The van der Waals surface area contributed by atoms with Crippen LogP contribution in [-0.2, 0) is 4.79 Å². The van der Waals surface area contributed by atoms with Crippen molar-refractivity contribution in [1.82, 2.24) is 19.9 Å². The molecule has 0 N–H and O–H groups in total. The van der Waals surface area contributed by atoms with Gasteiger partial charge >= 0.3 is 0 Å². The molecule has 2 aliphatic carbocycles. The van der Waals surface area contributed by atoms with Crippen LogP contribution in [0.2, 0.25) is 0 Å². The van der Waals surface area contributed by atoms with E-state index in [0.29, 0.717) is 23.2 Å². The fraction of sp³-hybridized carbons (Fsp3) is 0.842. The summed E-state index contributed by atoms with van der Waals surface area (Å²) in [5.74, 6) is 2.97. The highest BCUT2D eigenvalue weighted by atomic mass is 16.5. The van der Waals surface area contributed by atoms with E-state index in [2.05, 4.69) is 22.0 Å². The average molecular weight is 344 g/mol. The summed E-state index contributed by atoms with van der Waals surface area (Å²) in [5, 5.41) is 4.31. The molecule has 25 heavy (non-hydrogen) atoms. The Kier molecular flexibility index (Phi) is 3.66. The zero-order valence-corrected chi connectivity index (χ0v) is 15.1. The molecule has 1 aromatic rings. The normalized spacial score (nSPS) is 30.0. The van der Waals surface area contributed by atoms with Crippen molar-refractivity contribution in [2.45, 2.75) is 63.3 Å². The molecule has 2 aliphatic heterocycles. The van der Waals surface area contributed by atoms with Crippen LogP contribution >= 0.6 is 0 Å². The summed E-state index contributed by atoms with van der Waals surface area (Å²) in [6, 6.07) is 0.267. The van der Waals surface area contributed by atoms with Crippen molar-refractivity contribution < 1.29 is 9.32 Å². The second-order valence-electron chi connectivity index (χ2n) is 8.85. The van der Waals surface area contributed by atoms with Crippen molar-refractivity contribution in [2.75, 3.05) is 26.7 Å². The van der Waals surface area contributed by atoms with Crippen LogP contribution in [0, 0.1) is 11.3 Å². The molecule has 1 unspecified atom stereocenters. The summed E-state index contributed by atoms with van der Waals surface area (Å²) in [6.45, 7) is 2.93. The van der Waals surface area contributed by atoms with Crippen LogP contribution in [0.4, 0.5) is 0 Å². The molecule has 1 atom stereocenters. The van der Waals surface area contributed by atoms with Gasteiger partial charge in [-0.05, 0) is 57.4 Å². The van der Waals surface area contributed by atoms with Crippen LogP contribution in [0.3, 0.4) is 0 Å². The third kappa shape index (κ3) is 2.78. The van der Waals surface area contributed by atoms with Gasteiger partial charge in [0.15, 0.2) is 5.82 Å². The zero-order chi connectivity index (χ0) is 17.0. The molecule has 1 spiro atoms. The minimum Gasteiger partial charge on any atom is -0.342 e. The molecule has 2 saturated heterocycles. The maximum Gasteiger partial charge on any atom is 0.229 e. The third-order valence-corrected chi connectivity index (χ3v) is 7.02. The van der Waals surface area contributed by atoms with E-state index in [1.165, 1.54) is 19.3 Å². The first-order valence-electron chi connectivity index (χ1n) is 9.96. The fourth-order valence-corrected chi connectivity index (χ4v) is 4.91. The topological polar surface area (TPSA) is 62.5 Å². The average Bonchev–Trinajstić information content (AvgIpc) is 3.22. The SMILES string of the molecule is CN1CC2(CCN(C(=O)C3CC3)CC2)CC1c1noc(C2CCC2)n1. The lowest BCUT2D eigenvalue weighted by Gasteiger charge is -2.39. The highest BCUT2D eigenvalue weighted by Crippen LogP contribution is 2.48. The number of likely N-dealkylation sites (tertiary alicyclic amines) is 2. The first kappa shape index (κ1) is 15.8. The van der Waals surface area contributed by atoms with Crippen molar-refractivity contribution in [3.8, 4) is 0 Å². The number of carbonyl (C=O) groups excluding carboxylic acids is 1. The van der Waals surface area contributed by atoms with E-state index in [1.54, 1.807) is 0 Å². The van der Waals surface area contributed by atoms with E-state index < -0.39 is 0 Å². The maximum atomic E-state index is 12.3. The van der Waals surface area contributed by atoms with Crippen molar-refractivity contribution in [3.05, 3.63) is 11.7 Å². The summed E-state index contributed by atoms with van der Waals surface area (Å²) in [5.41, 5.74) is 0.316. The molecule has 0 bridgehead atoms. The molecule has 1 amide bonds. The molecule has 5 rings (SSSR count). The molecule has 0 radical (unpaired) electrons. The molecule has 6 nitrogen and oxygen atoms in total. The molecule has 0 aromatic carbocycles. The monoisotopic (exact) mass is 344 g/mol. The summed E-state index contributed by atoms with van der Waals surface area (Å²) < 4.78 is 5.55. The van der Waals surface area contributed by atoms with E-state index in [-0.39, 0.29) is 6.04 Å². The van der Waals surface area contributed by atoms with Crippen molar-refractivity contribution in [3.63, 3.8) is 0 Å². The van der Waals surface area contributed by atoms with E-state index in [9.17, 15) is 4.79 Å². The summed E-state index contributed by atoms with van der Waals surface area (Å²) in [4.78, 5) is 21.5. The highest BCUT2D eigenvalue weighted by molar-refractivity contribution is 5.81. The van der Waals surface area contributed by atoms with Crippen LogP contribution in [0.5, 0.6) is 0 Å². The lowest BCUT2D eigenvalue weighted by molar-refractivity contribution is -0.134. The van der Waals surface area contributed by atoms with Crippen LogP contribution < -0.4 is 0 Å². The fourth-order valence-electron chi connectivity index (χ4n) is 4.91. The first-order valence-corrected chi connectivity index (χ1v) is 9.96. The highest BCUT2D eigenvalue weighted by Gasteiger charge is 2.47. The van der Waals surface area contributed by atoms with Gasteiger partial charge in [-0.3, -0.25) is 9.69 Å². The van der Waals surface area contributed by atoms with E-state index in [1.807, 2.05) is 0 Å². The Hall–Kier alpha value is -1.43. The van der Waals surface area contributed by atoms with Gasteiger partial charge in [-0.2, -0.15) is 4.98 Å². The number of carbonyl (C=O) groups is 1. The predicted molar refractivity (Wildman–Crippen MR) is 91.8 cm³/mol. The maximum absolute atomic E-state index is 12.3. The Morgan fingerprint density at radius 1 is 1.20 bits per heavy atom. The smallest absolute Gasteiger partial charge is 0.229 e. The molecule has 6 heteroatoms. The van der Waals surface area contributed by atoms with Gasteiger partial charge in [0.05, 0.1) is 6.04 Å². The van der Waals surface area contributed by atoms with Gasteiger partial charge in [0.2, 0.25) is 11.8 Å². The Morgan fingerprint density at radius 3 is 2.60 bits per heavy atom. The van der Waals surface area contributed by atoms with Gasteiger partial charge in [-0.15, -0.1) is 0 Å². The number of nitrogens with zero attached hydrogens (tertiary/aromatic N) is 4. The molecule has 4 fully saturated rings. The first-order chi connectivity index (χ1) is 12.1. The molecular formula is C19H28N4O2. The standard InChI is InChI=1S/C19H28N4O2/c1-22-12-19(7-9-23(10-8-19)18(24)14-5-6-14)11-15(22)16-20-17(25-21-16)13-3-2-4-13/h13-15H,2-12H2,1H3. The Labute approximate surface area is 148 Å². The largest absolute Gasteiger partial charge is 0.342 e. The number of hydrogen-bond acceptors (Lipinski definition) is 5. The van der Waals surface area contributed by atoms with E-state index in [0.717, 1.165) is 63.5 Å². The van der Waals surface area contributed by atoms with Crippen LogP contribution in [0.15, 0.2) is 4.52 Å². The summed E-state index contributed by atoms with van der Waals surface area (Å²) in [6.07, 6.45) is 9.19. The van der Waals surface area contributed by atoms with Crippen molar-refractivity contribution in [1.29, 1.82) is 0 Å². The van der Waals surface area contributed by atoms with Crippen LogP contribution in [-0.4, -0.2) is 52.5 Å². The Bertz CT molecular complexity index is 656. The second kappa shape index (κ2) is 5.79. The molecular weight excluding hydrogens is 316 g/mol. The molecule has 3 heterocycles. The second-order valence-corrected chi connectivity index (χ2v) is 8.85. The Balaban J connectivity index is 1.25.